The molecule has 4 rings (SSSR count). The van der Waals surface area contributed by atoms with E-state index in [9.17, 15) is 0 Å². The molecule has 1 aliphatic rings. The Kier molecular flexibility index (Phi) is 4.43. The smallest absolute Gasteiger partial charge is 0.0920 e. The van der Waals surface area contributed by atoms with Crippen molar-refractivity contribution >= 4 is 17.2 Å². The molecule has 0 saturated heterocycles. The third-order valence-corrected chi connectivity index (χ3v) is 4.86. The largest absolute Gasteiger partial charge is 0.313 e. The molecular weight excluding hydrogens is 330 g/mol. The molecule has 2 heterocycles. The zero-order chi connectivity index (χ0) is 17.2. The van der Waals surface area contributed by atoms with Gasteiger partial charge in [0.25, 0.3) is 0 Å². The maximum Gasteiger partial charge on any atom is 0.0920 e. The molecule has 0 amide bonds. The highest BCUT2D eigenvalue weighted by Crippen LogP contribution is 2.33. The van der Waals surface area contributed by atoms with Crippen molar-refractivity contribution in [2.45, 2.75) is 13.3 Å². The molecule has 1 N–H and O–H groups in total. The molecule has 0 spiro atoms. The van der Waals surface area contributed by atoms with Gasteiger partial charge in [-0.15, -0.1) is 0 Å². The van der Waals surface area contributed by atoms with Crippen LogP contribution in [-0.2, 0) is 0 Å². The minimum absolute atomic E-state index is 0.744. The molecule has 2 aromatic carbocycles. The van der Waals surface area contributed by atoms with Gasteiger partial charge in [-0.25, -0.2) is 4.68 Å². The summed E-state index contributed by atoms with van der Waals surface area (Å²) < 4.78 is 2.05. The van der Waals surface area contributed by atoms with Crippen LogP contribution in [0.1, 0.15) is 17.7 Å². The fourth-order valence-corrected chi connectivity index (χ4v) is 3.47. The van der Waals surface area contributed by atoms with Gasteiger partial charge in [-0.2, -0.15) is 5.10 Å². The summed E-state index contributed by atoms with van der Waals surface area (Å²) in [5.74, 6) is 0. The van der Waals surface area contributed by atoms with Gasteiger partial charge in [0.1, 0.15) is 0 Å². The molecule has 0 saturated carbocycles. The number of para-hydroxylation sites is 1. The summed E-state index contributed by atoms with van der Waals surface area (Å²) in [6.45, 7) is 4.07. The Labute approximate surface area is 153 Å². The van der Waals surface area contributed by atoms with Gasteiger partial charge in [0, 0.05) is 22.7 Å². The van der Waals surface area contributed by atoms with E-state index in [1.807, 2.05) is 30.3 Å². The van der Waals surface area contributed by atoms with Crippen molar-refractivity contribution in [2.75, 3.05) is 13.1 Å². The van der Waals surface area contributed by atoms with Crippen molar-refractivity contribution in [1.82, 2.24) is 15.1 Å². The van der Waals surface area contributed by atoms with Crippen LogP contribution in [-0.4, -0.2) is 22.9 Å². The molecule has 3 nitrogen and oxygen atoms in total. The molecule has 0 atom stereocenters. The molecule has 1 aliphatic heterocycles. The second kappa shape index (κ2) is 6.87. The highest BCUT2D eigenvalue weighted by atomic mass is 35.5. The van der Waals surface area contributed by atoms with E-state index in [1.165, 1.54) is 11.1 Å². The standard InChI is InChI=1S/C21H20ClN3/c1-15-20(16-11-13-23-14-12-16)24-25(19-5-3-2-4-6-19)21(15)17-7-9-18(22)10-8-17/h2-11,23H,12-14H2,1H3. The van der Waals surface area contributed by atoms with Crippen molar-refractivity contribution in [3.8, 4) is 16.9 Å². The minimum Gasteiger partial charge on any atom is -0.313 e. The normalized spacial score (nSPS) is 14.4. The van der Waals surface area contributed by atoms with Crippen LogP contribution in [0.4, 0.5) is 0 Å². The van der Waals surface area contributed by atoms with E-state index >= 15 is 0 Å². The van der Waals surface area contributed by atoms with E-state index in [4.69, 9.17) is 16.7 Å². The minimum atomic E-state index is 0.744. The first kappa shape index (κ1) is 16.1. The Morgan fingerprint density at radius 1 is 1.04 bits per heavy atom. The number of halogens is 1. The summed E-state index contributed by atoms with van der Waals surface area (Å²) in [6.07, 6.45) is 3.26. The van der Waals surface area contributed by atoms with E-state index in [0.717, 1.165) is 47.2 Å². The lowest BCUT2D eigenvalue weighted by molar-refractivity contribution is 0.734. The van der Waals surface area contributed by atoms with Gasteiger partial charge < -0.3 is 5.32 Å². The lowest BCUT2D eigenvalue weighted by Gasteiger charge is -2.12. The van der Waals surface area contributed by atoms with Crippen molar-refractivity contribution in [2.24, 2.45) is 0 Å². The average Bonchev–Trinajstić information content (AvgIpc) is 3.01. The molecule has 126 valence electrons. The summed E-state index contributed by atoms with van der Waals surface area (Å²) in [6, 6.07) is 18.3. The molecule has 1 aromatic heterocycles. The van der Waals surface area contributed by atoms with Crippen molar-refractivity contribution < 1.29 is 0 Å². The molecule has 0 fully saturated rings. The predicted octanol–water partition coefficient (Wildman–Crippen LogP) is 4.88. The van der Waals surface area contributed by atoms with Gasteiger partial charge in [0.15, 0.2) is 0 Å². The van der Waals surface area contributed by atoms with Crippen LogP contribution >= 0.6 is 11.6 Å². The molecule has 0 unspecified atom stereocenters. The maximum atomic E-state index is 6.08. The first-order valence-electron chi connectivity index (χ1n) is 8.55. The van der Waals surface area contributed by atoms with E-state index in [0.29, 0.717) is 0 Å². The molecule has 4 heteroatoms. The zero-order valence-electron chi connectivity index (χ0n) is 14.2. The van der Waals surface area contributed by atoms with Crippen LogP contribution in [0, 0.1) is 6.92 Å². The molecule has 3 aromatic rings. The third-order valence-electron chi connectivity index (χ3n) is 4.61. The second-order valence-electron chi connectivity index (χ2n) is 6.26. The topological polar surface area (TPSA) is 29.9 Å². The first-order chi connectivity index (χ1) is 12.2. The molecule has 0 aliphatic carbocycles. The quantitative estimate of drug-likeness (QED) is 0.730. The van der Waals surface area contributed by atoms with Crippen molar-refractivity contribution in [1.29, 1.82) is 0 Å². The lowest BCUT2D eigenvalue weighted by atomic mass is 9.99. The van der Waals surface area contributed by atoms with Crippen LogP contribution in [0.15, 0.2) is 60.7 Å². The fourth-order valence-electron chi connectivity index (χ4n) is 3.34. The van der Waals surface area contributed by atoms with Crippen LogP contribution in [0.5, 0.6) is 0 Å². The van der Waals surface area contributed by atoms with E-state index in [-0.39, 0.29) is 0 Å². The molecular formula is C21H20ClN3. The van der Waals surface area contributed by atoms with Gasteiger partial charge in [-0.3, -0.25) is 0 Å². The SMILES string of the molecule is Cc1c(C2=CCNCC2)nn(-c2ccccc2)c1-c1ccc(Cl)cc1. The van der Waals surface area contributed by atoms with Crippen LogP contribution in [0.3, 0.4) is 0 Å². The third kappa shape index (κ3) is 3.13. The summed E-state index contributed by atoms with van der Waals surface area (Å²) in [7, 11) is 0. The number of nitrogens with one attached hydrogen (secondary N) is 1. The van der Waals surface area contributed by atoms with Gasteiger partial charge in [-0.05, 0) is 49.7 Å². The summed E-state index contributed by atoms with van der Waals surface area (Å²) in [5.41, 5.74) is 6.93. The van der Waals surface area contributed by atoms with Crippen molar-refractivity contribution in [3.63, 3.8) is 0 Å². The van der Waals surface area contributed by atoms with Crippen LogP contribution in [0.25, 0.3) is 22.5 Å². The monoisotopic (exact) mass is 349 g/mol. The highest BCUT2D eigenvalue weighted by molar-refractivity contribution is 6.30. The Hall–Kier alpha value is -2.36. The Morgan fingerprint density at radius 3 is 2.48 bits per heavy atom. The predicted molar refractivity (Wildman–Crippen MR) is 104 cm³/mol. The molecule has 0 radical (unpaired) electrons. The average molecular weight is 350 g/mol. The van der Waals surface area contributed by atoms with Gasteiger partial charge in [0.2, 0.25) is 0 Å². The van der Waals surface area contributed by atoms with Crippen LogP contribution < -0.4 is 5.32 Å². The van der Waals surface area contributed by atoms with Gasteiger partial charge in [-0.1, -0.05) is 48.0 Å². The van der Waals surface area contributed by atoms with E-state index < -0.39 is 0 Å². The number of rotatable bonds is 3. The Bertz CT molecular complexity index is 908. The molecule has 25 heavy (non-hydrogen) atoms. The molecule has 0 bridgehead atoms. The Balaban J connectivity index is 1.92. The van der Waals surface area contributed by atoms with Crippen molar-refractivity contribution in [3.05, 3.63) is 77.0 Å². The number of hydrogen-bond acceptors (Lipinski definition) is 2. The number of aromatic nitrogens is 2. The fraction of sp³-hybridized carbons (Fsp3) is 0.190. The van der Waals surface area contributed by atoms with Gasteiger partial charge >= 0.3 is 0 Å². The van der Waals surface area contributed by atoms with E-state index in [1.54, 1.807) is 0 Å². The second-order valence-corrected chi connectivity index (χ2v) is 6.70. The summed E-state index contributed by atoms with van der Waals surface area (Å²) >= 11 is 6.08. The first-order valence-corrected chi connectivity index (χ1v) is 8.93. The van der Waals surface area contributed by atoms with E-state index in [2.05, 4.69) is 47.3 Å². The highest BCUT2D eigenvalue weighted by Gasteiger charge is 2.20. The number of nitrogens with zero attached hydrogens (tertiary/aromatic N) is 2. The lowest BCUT2D eigenvalue weighted by Crippen LogP contribution is -2.20. The van der Waals surface area contributed by atoms with Crippen LogP contribution in [0.2, 0.25) is 5.02 Å². The number of benzene rings is 2. The Morgan fingerprint density at radius 2 is 1.80 bits per heavy atom. The number of hydrogen-bond donors (Lipinski definition) is 1. The van der Waals surface area contributed by atoms with Gasteiger partial charge in [0.05, 0.1) is 17.1 Å². The summed E-state index contributed by atoms with van der Waals surface area (Å²) in [4.78, 5) is 0. The summed E-state index contributed by atoms with van der Waals surface area (Å²) in [5, 5.41) is 9.10. The zero-order valence-corrected chi connectivity index (χ0v) is 14.9. The maximum absolute atomic E-state index is 6.08.